The van der Waals surface area contributed by atoms with Gasteiger partial charge in [-0.1, -0.05) is 18.2 Å². The van der Waals surface area contributed by atoms with Gasteiger partial charge in [0.05, 0.1) is 4.90 Å². The van der Waals surface area contributed by atoms with Crippen molar-refractivity contribution in [1.82, 2.24) is 25.1 Å². The first-order valence-corrected chi connectivity index (χ1v) is 9.57. The molecule has 0 aliphatic carbocycles. The second kappa shape index (κ2) is 11.9. The molecule has 0 aliphatic rings. The van der Waals surface area contributed by atoms with Gasteiger partial charge in [0.2, 0.25) is 10.0 Å². The number of nitrogens with one attached hydrogen (secondary N) is 3. The Labute approximate surface area is 171 Å². The van der Waals surface area contributed by atoms with Gasteiger partial charge >= 0.3 is 0 Å². The van der Waals surface area contributed by atoms with Crippen molar-refractivity contribution in [2.45, 2.75) is 17.9 Å². The molecule has 1 heterocycles. The molecule has 1 aromatic carbocycles. The van der Waals surface area contributed by atoms with Gasteiger partial charge in [-0.05, 0) is 24.6 Å². The summed E-state index contributed by atoms with van der Waals surface area (Å²) >= 11 is 0. The summed E-state index contributed by atoms with van der Waals surface area (Å²) in [6, 6.07) is 10.2. The maximum absolute atomic E-state index is 12.1. The van der Waals surface area contributed by atoms with Crippen LogP contribution in [0.1, 0.15) is 6.42 Å². The molecule has 0 radical (unpaired) electrons. The number of hydrogen-bond donors (Lipinski definition) is 3. The predicted molar refractivity (Wildman–Crippen MR) is 113 cm³/mol. The maximum Gasteiger partial charge on any atom is 0.240 e. The van der Waals surface area contributed by atoms with E-state index >= 15 is 0 Å². The van der Waals surface area contributed by atoms with Crippen molar-refractivity contribution in [3.63, 3.8) is 0 Å². The monoisotopic (exact) mass is 492 g/mol. The number of aliphatic imine (C=N–C) groups is 1. The molecule has 2 rings (SSSR count). The lowest BCUT2D eigenvalue weighted by Gasteiger charge is -2.12. The summed E-state index contributed by atoms with van der Waals surface area (Å²) in [5.74, 6) is 0.638. The second-order valence-corrected chi connectivity index (χ2v) is 7.03. The molecule has 0 aliphatic heterocycles. The minimum atomic E-state index is -3.47. The van der Waals surface area contributed by atoms with E-state index in [9.17, 15) is 8.42 Å². The minimum Gasteiger partial charge on any atom is -0.356 e. The Bertz CT molecular complexity index is 750. The normalized spacial score (nSPS) is 11.7. The van der Waals surface area contributed by atoms with Crippen LogP contribution in [0.5, 0.6) is 0 Å². The van der Waals surface area contributed by atoms with Crippen molar-refractivity contribution in [3.8, 4) is 0 Å². The zero-order valence-corrected chi connectivity index (χ0v) is 17.8. The van der Waals surface area contributed by atoms with Crippen LogP contribution in [0, 0.1) is 0 Å². The van der Waals surface area contributed by atoms with Gasteiger partial charge in [-0.25, -0.2) is 13.1 Å². The summed E-state index contributed by atoms with van der Waals surface area (Å²) in [5.41, 5.74) is 0. The third-order valence-corrected chi connectivity index (χ3v) is 4.88. The van der Waals surface area contributed by atoms with E-state index in [4.69, 9.17) is 0 Å². The molecule has 2 aromatic rings. The summed E-state index contributed by atoms with van der Waals surface area (Å²) in [6.45, 7) is 2.28. The SMILES string of the molecule is CN=C(NCCCn1cccn1)NCCNS(=O)(=O)c1ccccc1.I. The lowest BCUT2D eigenvalue weighted by molar-refractivity contribution is 0.569. The number of benzene rings is 1. The van der Waals surface area contributed by atoms with Gasteiger partial charge in [-0.3, -0.25) is 9.67 Å². The average Bonchev–Trinajstić information content (AvgIpc) is 3.14. The highest BCUT2D eigenvalue weighted by Gasteiger charge is 2.11. The Balaban J connectivity index is 0.00000338. The van der Waals surface area contributed by atoms with E-state index in [-0.39, 0.29) is 35.4 Å². The fourth-order valence-corrected chi connectivity index (χ4v) is 3.20. The largest absolute Gasteiger partial charge is 0.356 e. The Morgan fingerprint density at radius 3 is 2.50 bits per heavy atom. The number of halogens is 1. The van der Waals surface area contributed by atoms with E-state index < -0.39 is 10.0 Å². The summed E-state index contributed by atoms with van der Waals surface area (Å²) in [5, 5.41) is 10.4. The first kappa shape index (κ1) is 22.4. The van der Waals surface area contributed by atoms with Crippen molar-refractivity contribution in [2.24, 2.45) is 4.99 Å². The molecule has 3 N–H and O–H groups in total. The van der Waals surface area contributed by atoms with Crippen LogP contribution in [0.15, 0.2) is 58.7 Å². The Kier molecular flexibility index (Phi) is 10.2. The predicted octanol–water partition coefficient (Wildman–Crippen LogP) is 1.03. The standard InChI is InChI=1S/C16H24N6O2S.HI/c1-17-16(18-9-5-13-22-14-6-10-20-22)19-11-12-21-25(23,24)15-7-3-2-4-8-15;/h2-4,6-8,10,14,21H,5,9,11-13H2,1H3,(H2,17,18,19);1H. The fraction of sp³-hybridized carbons (Fsp3) is 0.375. The molecule has 1 aromatic heterocycles. The van der Waals surface area contributed by atoms with Gasteiger partial charge in [0.15, 0.2) is 5.96 Å². The lowest BCUT2D eigenvalue weighted by atomic mass is 10.4. The number of rotatable bonds is 9. The zero-order chi connectivity index (χ0) is 18.0. The van der Waals surface area contributed by atoms with Crippen molar-refractivity contribution in [3.05, 3.63) is 48.8 Å². The summed E-state index contributed by atoms with van der Waals surface area (Å²) < 4.78 is 28.6. The summed E-state index contributed by atoms with van der Waals surface area (Å²) in [6.07, 6.45) is 4.58. The van der Waals surface area contributed by atoms with Crippen LogP contribution in [-0.4, -0.2) is 50.8 Å². The molecule has 0 amide bonds. The topological polar surface area (TPSA) is 100 Å². The van der Waals surface area contributed by atoms with Crippen molar-refractivity contribution in [2.75, 3.05) is 26.7 Å². The quantitative estimate of drug-likeness (QED) is 0.210. The minimum absolute atomic E-state index is 0. The van der Waals surface area contributed by atoms with Gasteiger partial charge < -0.3 is 10.6 Å². The summed E-state index contributed by atoms with van der Waals surface area (Å²) in [7, 11) is -1.79. The molecule has 0 saturated carbocycles. The van der Waals surface area contributed by atoms with E-state index in [1.807, 2.05) is 16.9 Å². The number of aromatic nitrogens is 2. The smallest absolute Gasteiger partial charge is 0.240 e. The molecule has 144 valence electrons. The van der Waals surface area contributed by atoms with Gasteiger partial charge in [0.25, 0.3) is 0 Å². The first-order valence-electron chi connectivity index (χ1n) is 8.08. The number of hydrogen-bond acceptors (Lipinski definition) is 4. The molecule has 0 bridgehead atoms. The molecule has 0 fully saturated rings. The molecular weight excluding hydrogens is 467 g/mol. The van der Waals surface area contributed by atoms with Gasteiger partial charge in [-0.2, -0.15) is 5.10 Å². The second-order valence-electron chi connectivity index (χ2n) is 5.26. The van der Waals surface area contributed by atoms with Crippen LogP contribution in [0.2, 0.25) is 0 Å². The van der Waals surface area contributed by atoms with Crippen LogP contribution in [0.4, 0.5) is 0 Å². The highest BCUT2D eigenvalue weighted by Crippen LogP contribution is 2.06. The molecule has 8 nitrogen and oxygen atoms in total. The van der Waals surface area contributed by atoms with Gasteiger partial charge in [-0.15, -0.1) is 24.0 Å². The molecule has 0 unspecified atom stereocenters. The van der Waals surface area contributed by atoms with Gasteiger partial charge in [0.1, 0.15) is 0 Å². The zero-order valence-electron chi connectivity index (χ0n) is 14.6. The molecule has 0 spiro atoms. The lowest BCUT2D eigenvalue weighted by Crippen LogP contribution is -2.41. The highest BCUT2D eigenvalue weighted by atomic mass is 127. The Morgan fingerprint density at radius 1 is 1.12 bits per heavy atom. The molecule has 0 saturated heterocycles. The number of aryl methyl sites for hydroxylation is 1. The molecule has 26 heavy (non-hydrogen) atoms. The van der Waals surface area contributed by atoms with E-state index in [1.165, 1.54) is 0 Å². The van der Waals surface area contributed by atoms with Crippen LogP contribution in [0.25, 0.3) is 0 Å². The molecular formula is C16H25IN6O2S. The number of guanidine groups is 1. The third-order valence-electron chi connectivity index (χ3n) is 3.40. The maximum atomic E-state index is 12.1. The number of sulfonamides is 1. The molecule has 0 atom stereocenters. The third kappa shape index (κ3) is 7.70. The van der Waals surface area contributed by atoms with E-state index in [0.717, 1.165) is 19.5 Å². The summed E-state index contributed by atoms with van der Waals surface area (Å²) in [4.78, 5) is 4.37. The van der Waals surface area contributed by atoms with Crippen molar-refractivity contribution >= 4 is 40.0 Å². The van der Waals surface area contributed by atoms with E-state index in [2.05, 4.69) is 25.4 Å². The van der Waals surface area contributed by atoms with E-state index in [1.54, 1.807) is 43.6 Å². The van der Waals surface area contributed by atoms with Crippen molar-refractivity contribution < 1.29 is 8.42 Å². The average molecular weight is 492 g/mol. The Morgan fingerprint density at radius 2 is 1.85 bits per heavy atom. The van der Waals surface area contributed by atoms with Gasteiger partial charge in [0, 0.05) is 45.6 Å². The van der Waals surface area contributed by atoms with Crippen LogP contribution in [0.3, 0.4) is 0 Å². The van der Waals surface area contributed by atoms with Crippen LogP contribution >= 0.6 is 24.0 Å². The highest BCUT2D eigenvalue weighted by molar-refractivity contribution is 14.0. The first-order chi connectivity index (χ1) is 12.1. The molecule has 10 heteroatoms. The van der Waals surface area contributed by atoms with Crippen LogP contribution in [-0.2, 0) is 16.6 Å². The number of nitrogens with zero attached hydrogens (tertiary/aromatic N) is 3. The van der Waals surface area contributed by atoms with E-state index in [0.29, 0.717) is 12.5 Å². The fourth-order valence-electron chi connectivity index (χ4n) is 2.15. The van der Waals surface area contributed by atoms with Crippen LogP contribution < -0.4 is 15.4 Å². The van der Waals surface area contributed by atoms with Crippen molar-refractivity contribution in [1.29, 1.82) is 0 Å². The Hall–Kier alpha value is -1.66.